The first-order valence-electron chi connectivity index (χ1n) is 9.36. The van der Waals surface area contributed by atoms with Crippen molar-refractivity contribution in [3.05, 3.63) is 113 Å². The molecule has 0 saturated carbocycles. The normalized spacial score (nSPS) is 11.4. The second kappa shape index (κ2) is 10.1. The Hall–Kier alpha value is -2.30. The van der Waals surface area contributed by atoms with Gasteiger partial charge in [-0.3, -0.25) is 0 Å². The molecule has 0 aliphatic rings. The second-order valence-corrected chi connectivity index (χ2v) is 12.5. The summed E-state index contributed by atoms with van der Waals surface area (Å²) in [6, 6.07) is 35.5. The van der Waals surface area contributed by atoms with E-state index in [0.717, 1.165) is 6.16 Å². The summed E-state index contributed by atoms with van der Waals surface area (Å²) in [6.07, 6.45) is 1.67. The minimum absolute atomic E-state index is 0.604. The van der Waals surface area contributed by atoms with Gasteiger partial charge in [0, 0.05) is 11.8 Å². The summed E-state index contributed by atoms with van der Waals surface area (Å²) in [5.41, 5.74) is 1.43. The van der Waals surface area contributed by atoms with E-state index in [4.69, 9.17) is 13.0 Å². The maximum absolute atomic E-state index is 9.08. The number of rotatable bonds is 5. The molecule has 4 aromatic rings. The predicted octanol–water partition coefficient (Wildman–Crippen LogP) is 4.40. The summed E-state index contributed by atoms with van der Waals surface area (Å²) in [4.78, 5) is 0. The third-order valence-corrected chi connectivity index (χ3v) is 9.70. The Morgan fingerprint density at radius 1 is 0.733 bits per heavy atom. The van der Waals surface area contributed by atoms with Gasteiger partial charge in [-0.05, 0) is 53.2 Å². The van der Waals surface area contributed by atoms with Gasteiger partial charge >= 0.3 is 0 Å². The third-order valence-electron chi connectivity index (χ3n) is 4.59. The smallest absolute Gasteiger partial charge is 0.116 e. The van der Waals surface area contributed by atoms with Crippen LogP contribution in [0.4, 0.5) is 0 Å². The van der Waals surface area contributed by atoms with E-state index < -0.39 is 17.4 Å². The molecule has 3 nitrogen and oxygen atoms in total. The van der Waals surface area contributed by atoms with Crippen LogP contribution in [-0.4, -0.2) is 19.2 Å². The van der Waals surface area contributed by atoms with Crippen LogP contribution in [0, 0.1) is 0 Å². The lowest BCUT2D eigenvalue weighted by molar-refractivity contribution is 0.470. The molecular weight excluding hydrogens is 431 g/mol. The highest BCUT2D eigenvalue weighted by Crippen LogP contribution is 2.58. The summed E-state index contributed by atoms with van der Waals surface area (Å²) in [6.45, 7) is 0. The molecular formula is C24H23O3PS2. The van der Waals surface area contributed by atoms with Crippen molar-refractivity contribution in [2.24, 2.45) is 0 Å². The SMILES string of the molecule is CS(=O)(=O)[O-].c1ccc([P+](Cc2ccsc2)(c2ccccc2)c2ccccc2)cc1. The molecule has 1 heterocycles. The monoisotopic (exact) mass is 454 g/mol. The van der Waals surface area contributed by atoms with Crippen molar-refractivity contribution in [3.8, 4) is 0 Å². The third kappa shape index (κ3) is 5.87. The Balaban J connectivity index is 0.000000461. The Kier molecular flexibility index (Phi) is 7.57. The van der Waals surface area contributed by atoms with Crippen LogP contribution in [0.25, 0.3) is 0 Å². The average Bonchev–Trinajstić information content (AvgIpc) is 3.26. The molecule has 4 rings (SSSR count). The summed E-state index contributed by atoms with van der Waals surface area (Å²) < 4.78 is 27.2. The molecule has 0 radical (unpaired) electrons. The Morgan fingerprint density at radius 3 is 1.40 bits per heavy atom. The van der Waals surface area contributed by atoms with Gasteiger partial charge in [0.2, 0.25) is 0 Å². The minimum atomic E-state index is -3.92. The molecule has 0 bridgehead atoms. The molecule has 154 valence electrons. The van der Waals surface area contributed by atoms with Gasteiger partial charge in [0.05, 0.1) is 16.3 Å². The maximum Gasteiger partial charge on any atom is 0.116 e. The van der Waals surface area contributed by atoms with Gasteiger partial charge in [-0.25, -0.2) is 8.42 Å². The van der Waals surface area contributed by atoms with Crippen LogP contribution in [0.1, 0.15) is 5.56 Å². The van der Waals surface area contributed by atoms with E-state index in [1.54, 1.807) is 11.3 Å². The van der Waals surface area contributed by atoms with Crippen molar-refractivity contribution in [1.82, 2.24) is 0 Å². The zero-order valence-corrected chi connectivity index (χ0v) is 19.1. The molecule has 1 aromatic heterocycles. The molecule has 0 amide bonds. The van der Waals surface area contributed by atoms with E-state index in [1.807, 2.05) is 0 Å². The zero-order valence-electron chi connectivity index (χ0n) is 16.6. The van der Waals surface area contributed by atoms with Crippen molar-refractivity contribution in [1.29, 1.82) is 0 Å². The lowest BCUT2D eigenvalue weighted by Crippen LogP contribution is -2.32. The van der Waals surface area contributed by atoms with Crippen molar-refractivity contribution >= 4 is 44.6 Å². The van der Waals surface area contributed by atoms with Crippen LogP contribution >= 0.6 is 18.6 Å². The number of benzene rings is 3. The highest BCUT2D eigenvalue weighted by Gasteiger charge is 2.45. The first-order valence-corrected chi connectivity index (χ1v) is 14.1. The minimum Gasteiger partial charge on any atom is -0.748 e. The zero-order chi connectivity index (χ0) is 21.5. The molecule has 0 spiro atoms. The average molecular weight is 455 g/mol. The fourth-order valence-electron chi connectivity index (χ4n) is 3.42. The highest BCUT2D eigenvalue weighted by atomic mass is 32.2. The molecule has 0 unspecified atom stereocenters. The molecule has 0 saturated heterocycles. The Labute approximate surface area is 183 Å². The van der Waals surface area contributed by atoms with E-state index in [0.29, 0.717) is 6.26 Å². The lowest BCUT2D eigenvalue weighted by atomic mass is 10.3. The van der Waals surface area contributed by atoms with Crippen LogP contribution in [0.2, 0.25) is 0 Å². The Bertz CT molecular complexity index is 1020. The van der Waals surface area contributed by atoms with Crippen molar-refractivity contribution in [3.63, 3.8) is 0 Å². The first kappa shape index (κ1) is 22.4. The Morgan fingerprint density at radius 2 is 1.10 bits per heavy atom. The van der Waals surface area contributed by atoms with E-state index in [1.165, 1.54) is 21.5 Å². The van der Waals surface area contributed by atoms with Gasteiger partial charge in [0.25, 0.3) is 0 Å². The molecule has 0 N–H and O–H groups in total. The highest BCUT2D eigenvalue weighted by molar-refractivity contribution is 7.95. The summed E-state index contributed by atoms with van der Waals surface area (Å²) in [5, 5.41) is 8.81. The topological polar surface area (TPSA) is 57.2 Å². The van der Waals surface area contributed by atoms with Crippen LogP contribution in [0.3, 0.4) is 0 Å². The largest absolute Gasteiger partial charge is 0.748 e. The van der Waals surface area contributed by atoms with E-state index >= 15 is 0 Å². The lowest BCUT2D eigenvalue weighted by Gasteiger charge is -2.27. The van der Waals surface area contributed by atoms with Crippen molar-refractivity contribution < 1.29 is 13.0 Å². The van der Waals surface area contributed by atoms with E-state index in [9.17, 15) is 0 Å². The predicted molar refractivity (Wildman–Crippen MR) is 129 cm³/mol. The number of thiophene rings is 1. The van der Waals surface area contributed by atoms with Crippen molar-refractivity contribution in [2.45, 2.75) is 6.16 Å². The molecule has 3 aromatic carbocycles. The van der Waals surface area contributed by atoms with E-state index in [-0.39, 0.29) is 0 Å². The van der Waals surface area contributed by atoms with Crippen LogP contribution < -0.4 is 15.9 Å². The summed E-state index contributed by atoms with van der Waals surface area (Å²) >= 11 is 1.78. The van der Waals surface area contributed by atoms with Gasteiger partial charge in [0.1, 0.15) is 23.2 Å². The fraction of sp³-hybridized carbons (Fsp3) is 0.0833. The molecule has 0 atom stereocenters. The van der Waals surface area contributed by atoms with Gasteiger partial charge in [-0.2, -0.15) is 11.3 Å². The van der Waals surface area contributed by atoms with Crippen LogP contribution in [-0.2, 0) is 16.3 Å². The van der Waals surface area contributed by atoms with Crippen LogP contribution in [0.5, 0.6) is 0 Å². The maximum atomic E-state index is 9.08. The fourth-order valence-corrected chi connectivity index (χ4v) is 8.45. The molecule has 6 heteroatoms. The van der Waals surface area contributed by atoms with Gasteiger partial charge in [0.15, 0.2) is 0 Å². The van der Waals surface area contributed by atoms with Crippen LogP contribution in [0.15, 0.2) is 108 Å². The summed E-state index contributed by atoms with van der Waals surface area (Å²) in [7, 11) is -5.65. The number of hydrogen-bond acceptors (Lipinski definition) is 4. The number of hydrogen-bond donors (Lipinski definition) is 0. The van der Waals surface area contributed by atoms with Gasteiger partial charge in [-0.1, -0.05) is 54.6 Å². The first-order chi connectivity index (χ1) is 14.4. The van der Waals surface area contributed by atoms with Gasteiger partial charge in [-0.15, -0.1) is 0 Å². The van der Waals surface area contributed by atoms with Crippen molar-refractivity contribution in [2.75, 3.05) is 6.26 Å². The molecule has 0 aliphatic carbocycles. The molecule has 30 heavy (non-hydrogen) atoms. The quantitative estimate of drug-likeness (QED) is 0.332. The molecule has 0 aliphatic heterocycles. The second-order valence-electron chi connectivity index (χ2n) is 6.81. The standard InChI is InChI=1S/C23H20PS.CH4O3S/c1-4-10-21(11-5-1)24(18-20-16-17-25-19-20,22-12-6-2-7-13-22)23-14-8-3-9-15-23;1-5(2,3)4/h1-17,19H,18H2;1H3,(H,2,3,4)/q+1;/p-1. The summed E-state index contributed by atoms with van der Waals surface area (Å²) in [5.74, 6) is 0. The van der Waals surface area contributed by atoms with E-state index in [2.05, 4.69) is 108 Å². The molecule has 0 fully saturated rings. The van der Waals surface area contributed by atoms with Gasteiger partial charge < -0.3 is 4.55 Å².